The van der Waals surface area contributed by atoms with Gasteiger partial charge in [-0.05, 0) is 0 Å². The molecule has 0 bridgehead atoms. The van der Waals surface area contributed by atoms with Gasteiger partial charge in [0, 0.05) is 0 Å². The van der Waals surface area contributed by atoms with Crippen LogP contribution in [0.5, 0.6) is 0 Å². The average molecular weight is 216 g/mol. The molecule has 0 N–H and O–H groups in total. The minimum Gasteiger partial charge on any atom is -0.725 e. The molecule has 0 aliphatic rings. The number of halogens is 3. The van der Waals surface area contributed by atoms with Gasteiger partial charge in [-0.15, -0.1) is 0 Å². The van der Waals surface area contributed by atoms with E-state index in [1.807, 2.05) is 0 Å². The van der Waals surface area contributed by atoms with Crippen molar-refractivity contribution in [3.63, 3.8) is 0 Å². The summed E-state index contributed by atoms with van der Waals surface area (Å²) in [6.45, 7) is -2.89. The maximum atomic E-state index is 11.3. The van der Waals surface area contributed by atoms with Crippen molar-refractivity contribution in [1.82, 2.24) is 0 Å². The molecule has 0 atom stereocenters. The molecule has 0 radical (unpaired) electrons. The summed E-state index contributed by atoms with van der Waals surface area (Å²) >= 11 is 0. The van der Waals surface area contributed by atoms with Gasteiger partial charge in [0.2, 0.25) is 10.4 Å². The quantitative estimate of drug-likeness (QED) is 0.164. The Balaban J connectivity index is 0. The molecule has 0 aromatic rings. The van der Waals surface area contributed by atoms with Crippen LogP contribution >= 0.6 is 0 Å². The van der Waals surface area contributed by atoms with Gasteiger partial charge in [-0.2, -0.15) is 13.2 Å². The van der Waals surface area contributed by atoms with Crippen molar-refractivity contribution in [3.8, 4) is 0 Å². The van der Waals surface area contributed by atoms with E-state index in [0.717, 1.165) is 0 Å². The maximum Gasteiger partial charge on any atom is 1.00 e. The van der Waals surface area contributed by atoms with Crippen LogP contribution in [0.2, 0.25) is 0 Å². The molecule has 13 heavy (non-hydrogen) atoms. The molecule has 0 saturated heterocycles. The van der Waals surface area contributed by atoms with Crippen molar-refractivity contribution in [3.05, 3.63) is 0 Å². The van der Waals surface area contributed by atoms with Gasteiger partial charge in [0.15, 0.2) is 6.79 Å². The molecular weight excluding hydrogens is 212 g/mol. The van der Waals surface area contributed by atoms with E-state index < -0.39 is 30.0 Å². The largest absolute Gasteiger partial charge is 1.00 e. The van der Waals surface area contributed by atoms with E-state index in [4.69, 9.17) is 0 Å². The summed E-state index contributed by atoms with van der Waals surface area (Å²) in [6, 6.07) is 0. The molecule has 0 aromatic carbocycles. The van der Waals surface area contributed by atoms with E-state index in [2.05, 4.69) is 8.92 Å². The summed E-state index contributed by atoms with van der Waals surface area (Å²) in [5, 5.41) is 0. The first-order valence-electron chi connectivity index (χ1n) is 2.45. The van der Waals surface area contributed by atoms with Gasteiger partial charge in [-0.25, -0.2) is 8.42 Å². The van der Waals surface area contributed by atoms with Crippen molar-refractivity contribution >= 4 is 10.4 Å². The van der Waals surface area contributed by atoms with Crippen LogP contribution in [0.25, 0.3) is 0 Å². The number of rotatable bonds is 4. The van der Waals surface area contributed by atoms with Gasteiger partial charge < -0.3 is 9.29 Å². The van der Waals surface area contributed by atoms with E-state index in [1.54, 1.807) is 0 Å². The molecule has 0 aliphatic heterocycles. The Hall–Kier alpha value is 0.217. The van der Waals surface area contributed by atoms with E-state index in [0.29, 0.717) is 0 Å². The Labute approximate surface area is 84.3 Å². The van der Waals surface area contributed by atoms with Gasteiger partial charge in [0.25, 0.3) is 0 Å². The zero-order chi connectivity index (χ0) is 9.83. The Morgan fingerprint density at radius 1 is 1.31 bits per heavy atom. The van der Waals surface area contributed by atoms with Gasteiger partial charge in [0.1, 0.15) is 6.61 Å². The third-order valence-electron chi connectivity index (χ3n) is 0.542. The molecule has 0 heterocycles. The van der Waals surface area contributed by atoms with E-state index in [1.165, 1.54) is 0 Å². The fraction of sp³-hybridized carbons (Fsp3) is 1.00. The third-order valence-corrected chi connectivity index (χ3v) is 0.926. The first-order valence-corrected chi connectivity index (χ1v) is 3.79. The Kier molecular flexibility index (Phi) is 7.05. The van der Waals surface area contributed by atoms with Gasteiger partial charge in [0.05, 0.1) is 0 Å². The summed E-state index contributed by atoms with van der Waals surface area (Å²) in [7, 11) is -4.98. The zero-order valence-corrected chi connectivity index (χ0v) is 7.31. The number of hydrogen-bond acceptors (Lipinski definition) is 5. The summed E-state index contributed by atoms with van der Waals surface area (Å²) < 4.78 is 69.6. The first kappa shape index (κ1) is 15.7. The van der Waals surface area contributed by atoms with Crippen LogP contribution in [0.3, 0.4) is 0 Å². The van der Waals surface area contributed by atoms with Crippen molar-refractivity contribution in [2.45, 2.75) is 6.18 Å². The first-order chi connectivity index (χ1) is 5.21. The molecule has 0 rings (SSSR count). The van der Waals surface area contributed by atoms with Crippen LogP contribution in [0.15, 0.2) is 0 Å². The van der Waals surface area contributed by atoms with Crippen molar-refractivity contribution in [2.24, 2.45) is 0 Å². The van der Waals surface area contributed by atoms with Crippen LogP contribution in [0, 0.1) is 0 Å². The molecule has 10 heteroatoms. The Morgan fingerprint density at radius 3 is 2.08 bits per heavy atom. The van der Waals surface area contributed by atoms with E-state index >= 15 is 0 Å². The second-order valence-corrected chi connectivity index (χ2v) is 2.66. The molecule has 0 saturated carbocycles. The zero-order valence-electron chi connectivity index (χ0n) is 6.50. The average Bonchev–Trinajstić information content (AvgIpc) is 1.76. The summed E-state index contributed by atoms with van der Waals surface area (Å²) in [5.74, 6) is 0. The minimum absolute atomic E-state index is 0. The van der Waals surface area contributed by atoms with Crippen LogP contribution in [0.4, 0.5) is 13.2 Å². The molecule has 5 nitrogen and oxygen atoms in total. The summed E-state index contributed by atoms with van der Waals surface area (Å²) in [6.07, 6.45) is -4.57. The molecule has 0 unspecified atom stereocenters. The van der Waals surface area contributed by atoms with Crippen LogP contribution < -0.4 is 18.9 Å². The van der Waals surface area contributed by atoms with Gasteiger partial charge >= 0.3 is 25.0 Å². The number of alkyl halides is 3. The minimum atomic E-state index is -4.98. The standard InChI is InChI=1S/C3H5F3O5S.Li/c4-3(5,6)1-10-2-11-12(7,8)9;/h1-2H2,(H,7,8,9);/q;+1/p-1. The monoisotopic (exact) mass is 216 g/mol. The molecule has 0 fully saturated rings. The third kappa shape index (κ3) is 15.0. The summed E-state index contributed by atoms with van der Waals surface area (Å²) in [5.41, 5.74) is 0. The van der Waals surface area contributed by atoms with Gasteiger partial charge in [-0.1, -0.05) is 0 Å². The SMILES string of the molecule is O=S(=O)([O-])OCOCC(F)(F)F.[Li+]. The van der Waals surface area contributed by atoms with Crippen LogP contribution in [-0.4, -0.2) is 32.5 Å². The maximum absolute atomic E-state index is 11.3. The van der Waals surface area contributed by atoms with Crippen LogP contribution in [0.1, 0.15) is 0 Å². The summed E-state index contributed by atoms with van der Waals surface area (Å²) in [4.78, 5) is 0. The predicted molar refractivity (Wildman–Crippen MR) is 27.7 cm³/mol. The molecule has 0 aromatic heterocycles. The smallest absolute Gasteiger partial charge is 0.725 e. The van der Waals surface area contributed by atoms with Gasteiger partial charge in [-0.3, -0.25) is 4.18 Å². The number of hydrogen-bond donors (Lipinski definition) is 0. The molecular formula is C3H4F3LiO5S. The van der Waals surface area contributed by atoms with Crippen molar-refractivity contribution < 1.29 is 53.9 Å². The topological polar surface area (TPSA) is 75.7 Å². The second-order valence-electron chi connectivity index (χ2n) is 1.61. The van der Waals surface area contributed by atoms with Crippen molar-refractivity contribution in [2.75, 3.05) is 13.4 Å². The fourth-order valence-corrected chi connectivity index (χ4v) is 0.436. The number of ether oxygens (including phenoxy) is 1. The molecule has 0 amide bonds. The van der Waals surface area contributed by atoms with E-state index in [-0.39, 0.29) is 18.9 Å². The second kappa shape index (κ2) is 5.85. The normalized spacial score (nSPS) is 12.3. The van der Waals surface area contributed by atoms with E-state index in [9.17, 15) is 26.1 Å². The van der Waals surface area contributed by atoms with Crippen molar-refractivity contribution in [1.29, 1.82) is 0 Å². The predicted octanol–water partition coefficient (Wildman–Crippen LogP) is -3.00. The molecule has 0 spiro atoms. The Morgan fingerprint density at radius 2 is 1.77 bits per heavy atom. The molecule has 74 valence electrons. The Bertz CT molecular complexity index is 224. The van der Waals surface area contributed by atoms with Crippen LogP contribution in [-0.2, 0) is 19.3 Å². The molecule has 0 aliphatic carbocycles. The fourth-order valence-electron chi connectivity index (χ4n) is 0.250.